The van der Waals surface area contributed by atoms with Gasteiger partial charge in [-0.3, -0.25) is 9.59 Å². The van der Waals surface area contributed by atoms with Gasteiger partial charge >= 0.3 is 0 Å². The van der Waals surface area contributed by atoms with Gasteiger partial charge in [0.15, 0.2) is 5.13 Å². The van der Waals surface area contributed by atoms with Crippen molar-refractivity contribution in [2.24, 2.45) is 0 Å². The highest BCUT2D eigenvalue weighted by Crippen LogP contribution is 2.38. The Kier molecular flexibility index (Phi) is 9.10. The number of carbonyl (C=O) groups is 2. The predicted octanol–water partition coefficient (Wildman–Crippen LogP) is 9.46. The smallest absolute Gasteiger partial charge is 0.257 e. The van der Waals surface area contributed by atoms with Crippen LogP contribution in [0.25, 0.3) is 11.3 Å². The maximum Gasteiger partial charge on any atom is 0.257 e. The Hall–Kier alpha value is -3.62. The fourth-order valence-corrected chi connectivity index (χ4v) is 6.48. The van der Waals surface area contributed by atoms with E-state index in [0.29, 0.717) is 21.4 Å². The van der Waals surface area contributed by atoms with Crippen LogP contribution in [-0.2, 0) is 4.79 Å². The molecule has 5 nitrogen and oxygen atoms in total. The molecule has 0 saturated heterocycles. The van der Waals surface area contributed by atoms with Gasteiger partial charge in [-0.25, -0.2) is 4.98 Å². The van der Waals surface area contributed by atoms with E-state index in [9.17, 15) is 9.59 Å². The lowest BCUT2D eigenvalue weighted by atomic mass is 10.1. The summed E-state index contributed by atoms with van der Waals surface area (Å²) in [5.41, 5.74) is 4.87. The lowest BCUT2D eigenvalue weighted by Crippen LogP contribution is -2.19. The van der Waals surface area contributed by atoms with Crippen LogP contribution < -0.4 is 10.6 Å². The summed E-state index contributed by atoms with van der Waals surface area (Å²) in [7, 11) is 0. The van der Waals surface area contributed by atoms with E-state index < -0.39 is 5.25 Å². The summed E-state index contributed by atoms with van der Waals surface area (Å²) < 4.78 is 0. The first-order valence-corrected chi connectivity index (χ1v) is 15.2. The number of nitrogens with one attached hydrogen (secondary N) is 2. The Morgan fingerprint density at radius 1 is 0.854 bits per heavy atom. The van der Waals surface area contributed by atoms with Crippen molar-refractivity contribution in [1.29, 1.82) is 0 Å². The number of nitrogens with zero attached hydrogens (tertiary/aromatic N) is 1. The van der Waals surface area contributed by atoms with Crippen molar-refractivity contribution in [3.63, 3.8) is 0 Å². The van der Waals surface area contributed by atoms with Crippen LogP contribution in [0.2, 0.25) is 10.0 Å². The number of carbonyl (C=O) groups excluding carboxylic acids is 2. The molecule has 2 N–H and O–H groups in total. The average Bonchev–Trinajstić information content (AvgIpc) is 3.32. The molecule has 0 spiro atoms. The molecule has 0 aliphatic heterocycles. The van der Waals surface area contributed by atoms with E-state index in [1.165, 1.54) is 34.7 Å². The Labute approximate surface area is 256 Å². The van der Waals surface area contributed by atoms with E-state index in [-0.39, 0.29) is 16.8 Å². The minimum atomic E-state index is -0.517. The molecular formula is C32H25Cl2N3O2S2. The van der Waals surface area contributed by atoms with Crippen LogP contribution in [0.3, 0.4) is 0 Å². The zero-order valence-electron chi connectivity index (χ0n) is 22.2. The number of aryl methyl sites for hydroxylation is 2. The molecule has 1 aromatic heterocycles. The fraction of sp³-hybridized carbons (Fsp3) is 0.0938. The van der Waals surface area contributed by atoms with Gasteiger partial charge in [-0.15, -0.1) is 23.1 Å². The summed E-state index contributed by atoms with van der Waals surface area (Å²) >= 11 is 15.0. The minimum Gasteiger partial charge on any atom is -0.322 e. The molecule has 2 amide bonds. The van der Waals surface area contributed by atoms with E-state index in [1.54, 1.807) is 24.3 Å². The molecule has 0 radical (unpaired) electrons. The molecule has 1 atom stereocenters. The van der Waals surface area contributed by atoms with E-state index in [4.69, 9.17) is 28.2 Å². The lowest BCUT2D eigenvalue weighted by molar-refractivity contribution is -0.115. The van der Waals surface area contributed by atoms with Crippen LogP contribution in [0.1, 0.15) is 31.6 Å². The van der Waals surface area contributed by atoms with Gasteiger partial charge in [0.05, 0.1) is 16.3 Å². The molecule has 4 aromatic carbocycles. The number of rotatable bonds is 8. The van der Waals surface area contributed by atoms with Crippen molar-refractivity contribution in [3.05, 3.63) is 129 Å². The zero-order chi connectivity index (χ0) is 28.9. The average molecular weight is 619 g/mol. The first-order chi connectivity index (χ1) is 19.8. The number of aromatic nitrogens is 1. The second-order valence-corrected chi connectivity index (χ2v) is 12.5. The van der Waals surface area contributed by atoms with E-state index in [0.717, 1.165) is 26.6 Å². The molecule has 0 aliphatic rings. The zero-order valence-corrected chi connectivity index (χ0v) is 25.3. The number of hydrogen-bond acceptors (Lipinski definition) is 5. The molecule has 5 rings (SSSR count). The third-order valence-corrected chi connectivity index (χ3v) is 8.93. The Morgan fingerprint density at radius 2 is 1.56 bits per heavy atom. The van der Waals surface area contributed by atoms with E-state index in [2.05, 4.69) is 22.8 Å². The normalized spacial score (nSPS) is 11.6. The van der Waals surface area contributed by atoms with Gasteiger partial charge in [-0.05, 0) is 61.9 Å². The number of thiazole rings is 1. The highest BCUT2D eigenvalue weighted by molar-refractivity contribution is 8.00. The first-order valence-electron chi connectivity index (χ1n) is 12.7. The Bertz CT molecular complexity index is 1690. The highest BCUT2D eigenvalue weighted by Gasteiger charge is 2.24. The number of halogens is 2. The van der Waals surface area contributed by atoms with Crippen molar-refractivity contribution in [1.82, 2.24) is 4.98 Å². The van der Waals surface area contributed by atoms with Crippen molar-refractivity contribution < 1.29 is 9.59 Å². The number of thioether (sulfide) groups is 1. The number of hydrogen-bond donors (Lipinski definition) is 2. The molecule has 5 aromatic rings. The van der Waals surface area contributed by atoms with Crippen LogP contribution in [0, 0.1) is 13.8 Å². The summed E-state index contributed by atoms with van der Waals surface area (Å²) in [5, 5.41) is 6.66. The van der Waals surface area contributed by atoms with Gasteiger partial charge < -0.3 is 10.6 Å². The van der Waals surface area contributed by atoms with Crippen molar-refractivity contribution >= 4 is 68.9 Å². The summed E-state index contributed by atoms with van der Waals surface area (Å²) in [6.45, 7) is 4.05. The molecule has 0 bridgehead atoms. The van der Waals surface area contributed by atoms with Crippen LogP contribution in [0.15, 0.2) is 102 Å². The van der Waals surface area contributed by atoms with Crippen LogP contribution in [-0.4, -0.2) is 16.8 Å². The molecule has 206 valence electrons. The highest BCUT2D eigenvalue weighted by atomic mass is 35.5. The largest absolute Gasteiger partial charge is 0.322 e. The standard InChI is InChI=1S/C32H25Cl2N3O2S2/c1-19-8-10-21(11-9-19)28-20(2)40-32(36-28)37-31(39)29(22-6-4-3-5-7-22)41-25-15-13-24(14-16-25)35-30(38)26-17-12-23(33)18-27(26)34/h3-18,29H,1-2H3,(H,35,38)(H,36,37,39). The first kappa shape index (κ1) is 28.9. The van der Waals surface area contributed by atoms with Crippen LogP contribution in [0.4, 0.5) is 10.8 Å². The lowest BCUT2D eigenvalue weighted by Gasteiger charge is -2.16. The van der Waals surface area contributed by atoms with Gasteiger partial charge in [-0.2, -0.15) is 0 Å². The number of benzene rings is 4. The third-order valence-electron chi connectivity index (χ3n) is 6.23. The predicted molar refractivity (Wildman–Crippen MR) is 172 cm³/mol. The van der Waals surface area contributed by atoms with Crippen molar-refractivity contribution in [2.75, 3.05) is 10.6 Å². The molecule has 0 fully saturated rings. The minimum absolute atomic E-state index is 0.167. The molecular weight excluding hydrogens is 593 g/mol. The van der Waals surface area contributed by atoms with Crippen LogP contribution in [0.5, 0.6) is 0 Å². The summed E-state index contributed by atoms with van der Waals surface area (Å²) in [6, 6.07) is 29.9. The number of amides is 2. The van der Waals surface area contributed by atoms with E-state index >= 15 is 0 Å². The molecule has 0 saturated carbocycles. The SMILES string of the molecule is Cc1ccc(-c2nc(NC(=O)C(Sc3ccc(NC(=O)c4ccc(Cl)cc4Cl)cc3)c3ccccc3)sc2C)cc1. The third kappa shape index (κ3) is 7.18. The Morgan fingerprint density at radius 3 is 2.24 bits per heavy atom. The van der Waals surface area contributed by atoms with Gasteiger partial charge in [-0.1, -0.05) is 83.4 Å². The van der Waals surface area contributed by atoms with Crippen molar-refractivity contribution in [3.8, 4) is 11.3 Å². The van der Waals surface area contributed by atoms with Gasteiger partial charge in [0.2, 0.25) is 5.91 Å². The topological polar surface area (TPSA) is 71.1 Å². The second-order valence-electron chi connectivity index (χ2n) is 9.29. The van der Waals surface area contributed by atoms with Gasteiger partial charge in [0.25, 0.3) is 5.91 Å². The Balaban J connectivity index is 1.31. The molecule has 1 unspecified atom stereocenters. The quantitative estimate of drug-likeness (QED) is 0.170. The van der Waals surface area contributed by atoms with E-state index in [1.807, 2.05) is 68.4 Å². The molecule has 9 heteroatoms. The maximum atomic E-state index is 13.6. The summed E-state index contributed by atoms with van der Waals surface area (Å²) in [6.07, 6.45) is 0. The monoisotopic (exact) mass is 617 g/mol. The maximum absolute atomic E-state index is 13.6. The van der Waals surface area contributed by atoms with Gasteiger partial charge in [0.1, 0.15) is 5.25 Å². The van der Waals surface area contributed by atoms with Crippen LogP contribution >= 0.6 is 46.3 Å². The fourth-order valence-electron chi connectivity index (χ4n) is 4.13. The molecule has 41 heavy (non-hydrogen) atoms. The second kappa shape index (κ2) is 12.9. The summed E-state index contributed by atoms with van der Waals surface area (Å²) in [5.74, 6) is -0.502. The number of anilines is 2. The molecule has 1 heterocycles. The molecule has 0 aliphatic carbocycles. The summed E-state index contributed by atoms with van der Waals surface area (Å²) in [4.78, 5) is 32.9. The van der Waals surface area contributed by atoms with Gasteiger partial charge in [0, 0.05) is 26.0 Å². The van der Waals surface area contributed by atoms with Crippen molar-refractivity contribution in [2.45, 2.75) is 24.0 Å².